The molecule has 0 aliphatic heterocycles. The van der Waals surface area contributed by atoms with E-state index in [2.05, 4.69) is 19.7 Å². The molecule has 0 aromatic carbocycles. The maximum Gasteiger partial charge on any atom is 0.333 e. The second-order valence-electron chi connectivity index (χ2n) is 8.27. The lowest BCUT2D eigenvalue weighted by molar-refractivity contribution is -0.161. The Balaban J connectivity index is 6.11. The van der Waals surface area contributed by atoms with Crippen molar-refractivity contribution in [2.45, 2.75) is 52.7 Å². The van der Waals surface area contributed by atoms with Gasteiger partial charge >= 0.3 is 23.9 Å². The zero-order valence-electron chi connectivity index (χ0n) is 18.8. The predicted molar refractivity (Wildman–Crippen MR) is 113 cm³/mol. The van der Waals surface area contributed by atoms with Crippen LogP contribution in [0.2, 0.25) is 0 Å². The van der Waals surface area contributed by atoms with Gasteiger partial charge in [0.05, 0.1) is 17.6 Å². The number of hydrogen-bond acceptors (Lipinski definition) is 8. The number of aliphatic hydroxyl groups is 2. The molecular formula is C22H32O10. The van der Waals surface area contributed by atoms with Crippen LogP contribution >= 0.6 is 0 Å². The summed E-state index contributed by atoms with van der Waals surface area (Å²) in [6.07, 6.45) is -4.07. The van der Waals surface area contributed by atoms with Crippen molar-refractivity contribution in [1.82, 2.24) is 0 Å². The number of carbonyl (C=O) groups excluding carboxylic acids is 2. The lowest BCUT2D eigenvalue weighted by Crippen LogP contribution is -2.51. The van der Waals surface area contributed by atoms with Crippen LogP contribution in [0.3, 0.4) is 0 Å². The van der Waals surface area contributed by atoms with Crippen LogP contribution in [0.25, 0.3) is 0 Å². The van der Waals surface area contributed by atoms with Gasteiger partial charge < -0.3 is 29.9 Å². The molecule has 0 aromatic rings. The predicted octanol–water partition coefficient (Wildman–Crippen LogP) is 1.46. The number of ether oxygens (including phenoxy) is 2. The summed E-state index contributed by atoms with van der Waals surface area (Å²) in [5, 5.41) is 40.4. The Kier molecular flexibility index (Phi) is 10.5. The van der Waals surface area contributed by atoms with Crippen LogP contribution in [0.4, 0.5) is 0 Å². The van der Waals surface area contributed by atoms with E-state index < -0.39 is 78.5 Å². The second-order valence-corrected chi connectivity index (χ2v) is 8.27. The summed E-state index contributed by atoms with van der Waals surface area (Å²) in [4.78, 5) is 47.1. The van der Waals surface area contributed by atoms with Gasteiger partial charge in [0.1, 0.15) is 13.2 Å². The lowest BCUT2D eigenvalue weighted by atomic mass is 9.56. The van der Waals surface area contributed by atoms with E-state index in [-0.39, 0.29) is 11.1 Å². The van der Waals surface area contributed by atoms with E-state index in [9.17, 15) is 39.6 Å². The molecule has 0 bridgehead atoms. The molecule has 180 valence electrons. The molecule has 0 fully saturated rings. The van der Waals surface area contributed by atoms with Crippen LogP contribution in [-0.2, 0) is 28.7 Å². The number of carboxylic acid groups (broad SMARTS) is 2. The number of aliphatic carboxylic acids is 2. The standard InChI is InChI=1S/C22H32O10/c1-12(2)18(27)31-10-15(23)8-22(14(5)17(25)26,21(6,7)20(29)30)9-16(24)11-32-19(28)13(3)4/h15-16,23-24H,1,3,5,8-11H2,2,4,6-7H3,(H,25,26)(H,29,30). The molecule has 4 N–H and O–H groups in total. The van der Waals surface area contributed by atoms with Crippen LogP contribution in [0.1, 0.15) is 40.5 Å². The molecule has 2 unspecified atom stereocenters. The van der Waals surface area contributed by atoms with Crippen LogP contribution in [0.15, 0.2) is 36.5 Å². The quantitative estimate of drug-likeness (QED) is 0.222. The molecule has 0 heterocycles. The summed E-state index contributed by atoms with van der Waals surface area (Å²) < 4.78 is 9.76. The number of aliphatic hydroxyl groups excluding tert-OH is 2. The Morgan fingerprint density at radius 2 is 1.16 bits per heavy atom. The molecule has 10 nitrogen and oxygen atoms in total. The monoisotopic (exact) mass is 456 g/mol. The summed E-state index contributed by atoms with van der Waals surface area (Å²) >= 11 is 0. The summed E-state index contributed by atoms with van der Waals surface area (Å²) in [6.45, 7) is 14.4. The topological polar surface area (TPSA) is 168 Å². The average Bonchev–Trinajstić information content (AvgIpc) is 2.68. The minimum Gasteiger partial charge on any atom is -0.481 e. The van der Waals surface area contributed by atoms with Gasteiger partial charge in [-0.3, -0.25) is 4.79 Å². The van der Waals surface area contributed by atoms with E-state index in [0.29, 0.717) is 0 Å². The highest BCUT2D eigenvalue weighted by Gasteiger charge is 2.55. The van der Waals surface area contributed by atoms with Gasteiger partial charge in [0, 0.05) is 22.1 Å². The van der Waals surface area contributed by atoms with E-state index in [1.165, 1.54) is 27.7 Å². The van der Waals surface area contributed by atoms with Crippen molar-refractivity contribution < 1.29 is 49.1 Å². The first kappa shape index (κ1) is 29.0. The summed E-state index contributed by atoms with van der Waals surface area (Å²) in [7, 11) is 0. The van der Waals surface area contributed by atoms with E-state index in [4.69, 9.17) is 9.47 Å². The van der Waals surface area contributed by atoms with Crippen molar-refractivity contribution in [3.8, 4) is 0 Å². The van der Waals surface area contributed by atoms with E-state index in [1.807, 2.05) is 0 Å². The molecule has 0 aromatic heterocycles. The Morgan fingerprint density at radius 3 is 1.41 bits per heavy atom. The Labute approximate surface area is 186 Å². The second kappa shape index (κ2) is 11.6. The third-order valence-corrected chi connectivity index (χ3v) is 5.25. The third-order valence-electron chi connectivity index (χ3n) is 5.25. The van der Waals surface area contributed by atoms with Gasteiger partial charge in [-0.1, -0.05) is 19.7 Å². The summed E-state index contributed by atoms with van der Waals surface area (Å²) in [5.41, 5.74) is -4.23. The zero-order valence-corrected chi connectivity index (χ0v) is 18.8. The van der Waals surface area contributed by atoms with Gasteiger partial charge in [0.15, 0.2) is 0 Å². The first-order valence-corrected chi connectivity index (χ1v) is 9.67. The highest BCUT2D eigenvalue weighted by molar-refractivity contribution is 5.90. The number of rotatable bonds is 14. The molecule has 32 heavy (non-hydrogen) atoms. The molecule has 0 aliphatic rings. The summed E-state index contributed by atoms with van der Waals surface area (Å²) in [6, 6.07) is 0. The fourth-order valence-corrected chi connectivity index (χ4v) is 3.14. The largest absolute Gasteiger partial charge is 0.481 e. The van der Waals surface area contributed by atoms with Gasteiger partial charge in [-0.2, -0.15) is 0 Å². The van der Waals surface area contributed by atoms with Gasteiger partial charge in [0.25, 0.3) is 0 Å². The van der Waals surface area contributed by atoms with E-state index in [0.717, 1.165) is 0 Å². The van der Waals surface area contributed by atoms with Crippen molar-refractivity contribution in [2.24, 2.45) is 10.8 Å². The van der Waals surface area contributed by atoms with Crippen LogP contribution in [0.5, 0.6) is 0 Å². The van der Waals surface area contributed by atoms with Crippen molar-refractivity contribution in [2.75, 3.05) is 13.2 Å². The number of carboxylic acids is 2. The minimum absolute atomic E-state index is 0.0685. The Hall–Kier alpha value is -2.98. The average molecular weight is 456 g/mol. The van der Waals surface area contributed by atoms with Crippen LogP contribution < -0.4 is 0 Å². The summed E-state index contributed by atoms with van der Waals surface area (Å²) in [5.74, 6) is -4.55. The molecule has 0 aliphatic carbocycles. The van der Waals surface area contributed by atoms with Gasteiger partial charge in [0.2, 0.25) is 0 Å². The lowest BCUT2D eigenvalue weighted by Gasteiger charge is -2.46. The molecule has 0 radical (unpaired) electrons. The Morgan fingerprint density at radius 1 is 0.812 bits per heavy atom. The van der Waals surface area contributed by atoms with Crippen molar-refractivity contribution >= 4 is 23.9 Å². The molecule has 0 saturated carbocycles. The zero-order chi connectivity index (χ0) is 25.4. The molecule has 10 heteroatoms. The van der Waals surface area contributed by atoms with Crippen molar-refractivity contribution in [3.63, 3.8) is 0 Å². The van der Waals surface area contributed by atoms with Crippen molar-refractivity contribution in [3.05, 3.63) is 36.5 Å². The Bertz CT molecular complexity index is 755. The molecule has 0 spiro atoms. The molecule has 0 saturated heterocycles. The van der Waals surface area contributed by atoms with Gasteiger partial charge in [-0.05, 0) is 40.5 Å². The molecule has 0 rings (SSSR count). The fraction of sp³-hybridized carbons (Fsp3) is 0.545. The van der Waals surface area contributed by atoms with Gasteiger partial charge in [-0.15, -0.1) is 0 Å². The number of carbonyl (C=O) groups is 4. The molecule has 2 atom stereocenters. The third kappa shape index (κ3) is 7.31. The number of esters is 2. The minimum atomic E-state index is -1.92. The fourth-order valence-electron chi connectivity index (χ4n) is 3.14. The molecule has 0 amide bonds. The van der Waals surface area contributed by atoms with E-state index in [1.54, 1.807) is 0 Å². The van der Waals surface area contributed by atoms with E-state index >= 15 is 0 Å². The van der Waals surface area contributed by atoms with Crippen LogP contribution in [0, 0.1) is 10.8 Å². The smallest absolute Gasteiger partial charge is 0.333 e. The first-order chi connectivity index (χ1) is 14.5. The van der Waals surface area contributed by atoms with Crippen molar-refractivity contribution in [1.29, 1.82) is 0 Å². The highest BCUT2D eigenvalue weighted by Crippen LogP contribution is 2.52. The maximum absolute atomic E-state index is 12.1. The molecular weight excluding hydrogens is 424 g/mol. The number of hydrogen-bond donors (Lipinski definition) is 4. The maximum atomic E-state index is 12.1. The SMILES string of the molecule is C=C(C)C(=O)OCC(O)CC(CC(O)COC(=O)C(=C)C)(C(=C)C(=O)O)C(C)(C)C(=O)O. The normalized spacial score (nSPS) is 14.9. The first-order valence-electron chi connectivity index (χ1n) is 9.67. The highest BCUT2D eigenvalue weighted by atomic mass is 16.5. The van der Waals surface area contributed by atoms with Gasteiger partial charge in [-0.25, -0.2) is 14.4 Å². The van der Waals surface area contributed by atoms with Crippen LogP contribution in [-0.4, -0.2) is 69.7 Å².